The smallest absolute Gasteiger partial charge is 0.170 e. The molecular formula is C29H37N5OS. The molecule has 2 unspecified atom stereocenters. The lowest BCUT2D eigenvalue weighted by Gasteiger charge is -2.30. The Balaban J connectivity index is 1.50. The molecule has 4 heterocycles. The Morgan fingerprint density at radius 3 is 2.44 bits per heavy atom. The molecule has 2 saturated heterocycles. The zero-order chi connectivity index (χ0) is 25.2. The van der Waals surface area contributed by atoms with Crippen LogP contribution in [0.2, 0.25) is 0 Å². The third-order valence-electron chi connectivity index (χ3n) is 7.63. The molecule has 0 aliphatic carbocycles. The van der Waals surface area contributed by atoms with Gasteiger partial charge < -0.3 is 19.5 Å². The number of ether oxygens (including phenoxy) is 1. The summed E-state index contributed by atoms with van der Waals surface area (Å²) in [5.74, 6) is 0. The Morgan fingerprint density at radius 2 is 1.75 bits per heavy atom. The third kappa shape index (κ3) is 4.80. The van der Waals surface area contributed by atoms with E-state index in [-0.39, 0.29) is 12.1 Å². The van der Waals surface area contributed by atoms with Crippen molar-refractivity contribution in [1.29, 1.82) is 0 Å². The zero-order valence-electron chi connectivity index (χ0n) is 21.8. The van der Waals surface area contributed by atoms with E-state index in [0.717, 1.165) is 56.6 Å². The van der Waals surface area contributed by atoms with Crippen LogP contribution in [0.3, 0.4) is 0 Å². The maximum Gasteiger partial charge on any atom is 0.170 e. The van der Waals surface area contributed by atoms with Gasteiger partial charge in [0.2, 0.25) is 0 Å². The minimum Gasteiger partial charge on any atom is -0.379 e. The largest absolute Gasteiger partial charge is 0.379 e. The van der Waals surface area contributed by atoms with Gasteiger partial charge in [0.25, 0.3) is 0 Å². The number of aromatic nitrogens is 2. The minimum absolute atomic E-state index is 0.00834. The summed E-state index contributed by atoms with van der Waals surface area (Å²) < 4.78 is 7.94. The zero-order valence-corrected chi connectivity index (χ0v) is 22.6. The highest BCUT2D eigenvalue weighted by Gasteiger charge is 2.41. The second-order valence-corrected chi connectivity index (χ2v) is 10.4. The Kier molecular flexibility index (Phi) is 7.42. The maximum atomic E-state index is 5.93. The standard InChI is InChI=1S/C29H37N5OS/c1-20-9-7-10-21(2)27(20)34-22(3)19-24(23(34)4)28-26(25-11-5-6-12-30-25)31-29(36)33(28)14-8-13-32-15-17-35-18-16-32/h5-7,9-12,19,26,28H,8,13-18H2,1-4H3,(H,31,36). The molecule has 1 N–H and O–H groups in total. The van der Waals surface area contributed by atoms with E-state index in [0.29, 0.717) is 0 Å². The average Bonchev–Trinajstić information content (AvgIpc) is 3.36. The minimum atomic E-state index is 0.00834. The predicted molar refractivity (Wildman–Crippen MR) is 149 cm³/mol. The summed E-state index contributed by atoms with van der Waals surface area (Å²) in [5.41, 5.74) is 8.69. The number of pyridine rings is 1. The molecule has 0 saturated carbocycles. The van der Waals surface area contributed by atoms with Crippen LogP contribution in [-0.2, 0) is 4.74 Å². The Morgan fingerprint density at radius 1 is 1.00 bits per heavy atom. The number of para-hydroxylation sites is 1. The molecule has 0 spiro atoms. The van der Waals surface area contributed by atoms with E-state index in [1.54, 1.807) is 0 Å². The molecule has 3 aromatic rings. The number of aryl methyl sites for hydroxylation is 3. The van der Waals surface area contributed by atoms with Crippen molar-refractivity contribution in [3.63, 3.8) is 0 Å². The summed E-state index contributed by atoms with van der Waals surface area (Å²) in [6, 6.07) is 15.1. The monoisotopic (exact) mass is 503 g/mol. The number of morpholine rings is 1. The van der Waals surface area contributed by atoms with Gasteiger partial charge in [-0.25, -0.2) is 0 Å². The number of rotatable bonds is 7. The van der Waals surface area contributed by atoms with E-state index >= 15 is 0 Å². The van der Waals surface area contributed by atoms with Crippen LogP contribution in [0, 0.1) is 27.7 Å². The molecule has 7 heteroatoms. The Hall–Kier alpha value is -2.74. The Bertz CT molecular complexity index is 1200. The second kappa shape index (κ2) is 10.7. The van der Waals surface area contributed by atoms with Crippen molar-refractivity contribution in [2.24, 2.45) is 0 Å². The van der Waals surface area contributed by atoms with Gasteiger partial charge in [0.05, 0.1) is 36.7 Å². The molecule has 2 aliphatic rings. The first-order valence-electron chi connectivity index (χ1n) is 13.0. The summed E-state index contributed by atoms with van der Waals surface area (Å²) in [4.78, 5) is 9.62. The van der Waals surface area contributed by atoms with Gasteiger partial charge in [-0.2, -0.15) is 0 Å². The van der Waals surface area contributed by atoms with Crippen molar-refractivity contribution in [2.45, 2.75) is 46.2 Å². The van der Waals surface area contributed by atoms with Crippen molar-refractivity contribution in [3.05, 3.63) is 82.4 Å². The van der Waals surface area contributed by atoms with E-state index in [9.17, 15) is 0 Å². The van der Waals surface area contributed by atoms with E-state index < -0.39 is 0 Å². The summed E-state index contributed by atoms with van der Waals surface area (Å²) in [7, 11) is 0. The molecule has 190 valence electrons. The first kappa shape index (κ1) is 24.9. The van der Waals surface area contributed by atoms with Gasteiger partial charge >= 0.3 is 0 Å². The highest BCUT2D eigenvalue weighted by Crippen LogP contribution is 2.41. The topological polar surface area (TPSA) is 45.6 Å². The van der Waals surface area contributed by atoms with Crippen LogP contribution < -0.4 is 5.32 Å². The highest BCUT2D eigenvalue weighted by molar-refractivity contribution is 7.80. The number of hydrogen-bond donors (Lipinski definition) is 1. The van der Waals surface area contributed by atoms with E-state index in [2.05, 4.69) is 83.8 Å². The first-order chi connectivity index (χ1) is 17.5. The quantitative estimate of drug-likeness (QED) is 0.468. The molecule has 2 aromatic heterocycles. The number of thiocarbonyl (C=S) groups is 1. The second-order valence-electron chi connectivity index (χ2n) is 10.0. The van der Waals surface area contributed by atoms with Gasteiger partial charge in [-0.3, -0.25) is 9.88 Å². The fourth-order valence-corrected chi connectivity index (χ4v) is 6.20. The average molecular weight is 504 g/mol. The molecule has 5 rings (SSSR count). The first-order valence-corrected chi connectivity index (χ1v) is 13.4. The molecule has 36 heavy (non-hydrogen) atoms. The summed E-state index contributed by atoms with van der Waals surface area (Å²) in [6.07, 6.45) is 2.93. The van der Waals surface area contributed by atoms with Crippen LogP contribution in [0.25, 0.3) is 5.69 Å². The van der Waals surface area contributed by atoms with Crippen LogP contribution >= 0.6 is 12.2 Å². The fraction of sp³-hybridized carbons (Fsp3) is 0.448. The van der Waals surface area contributed by atoms with Crippen LogP contribution in [0.5, 0.6) is 0 Å². The van der Waals surface area contributed by atoms with Crippen LogP contribution in [-0.4, -0.2) is 63.9 Å². The molecule has 2 fully saturated rings. The molecule has 2 atom stereocenters. The highest BCUT2D eigenvalue weighted by atomic mass is 32.1. The molecule has 0 bridgehead atoms. The number of nitrogens with one attached hydrogen (secondary N) is 1. The molecule has 0 radical (unpaired) electrons. The van der Waals surface area contributed by atoms with E-state index in [1.165, 1.54) is 33.8 Å². The van der Waals surface area contributed by atoms with Crippen LogP contribution in [0.4, 0.5) is 0 Å². The SMILES string of the molecule is Cc1cccc(C)c1-n1c(C)cc(C2C(c3ccccn3)NC(=S)N2CCCN2CCOCC2)c1C. The Labute approximate surface area is 220 Å². The number of benzene rings is 1. The van der Waals surface area contributed by atoms with Crippen LogP contribution in [0.1, 0.15) is 52.3 Å². The van der Waals surface area contributed by atoms with Gasteiger partial charge in [0, 0.05) is 43.8 Å². The van der Waals surface area contributed by atoms with E-state index in [1.807, 2.05) is 12.3 Å². The molecule has 0 amide bonds. The van der Waals surface area contributed by atoms with Gasteiger partial charge in [0.15, 0.2) is 5.11 Å². The van der Waals surface area contributed by atoms with Gasteiger partial charge in [-0.05, 0) is 81.2 Å². The van der Waals surface area contributed by atoms with Gasteiger partial charge in [-0.15, -0.1) is 0 Å². The lowest BCUT2D eigenvalue weighted by atomic mass is 9.96. The predicted octanol–water partition coefficient (Wildman–Crippen LogP) is 4.80. The molecule has 2 aliphatic heterocycles. The van der Waals surface area contributed by atoms with Gasteiger partial charge in [-0.1, -0.05) is 24.3 Å². The third-order valence-corrected chi connectivity index (χ3v) is 7.98. The lowest BCUT2D eigenvalue weighted by Crippen LogP contribution is -2.39. The van der Waals surface area contributed by atoms with Crippen molar-refractivity contribution >= 4 is 17.3 Å². The van der Waals surface area contributed by atoms with Crippen LogP contribution in [0.15, 0.2) is 48.7 Å². The molecule has 1 aromatic carbocycles. The summed E-state index contributed by atoms with van der Waals surface area (Å²) in [5, 5.41) is 4.44. The fourth-order valence-electron chi connectivity index (χ4n) is 5.86. The normalized spacial score (nSPS) is 20.7. The molecular weight excluding hydrogens is 466 g/mol. The van der Waals surface area contributed by atoms with Gasteiger partial charge in [0.1, 0.15) is 0 Å². The van der Waals surface area contributed by atoms with Crippen molar-refractivity contribution in [3.8, 4) is 5.69 Å². The summed E-state index contributed by atoms with van der Waals surface area (Å²) >= 11 is 5.93. The maximum absolute atomic E-state index is 5.93. The number of hydrogen-bond acceptors (Lipinski definition) is 4. The lowest BCUT2D eigenvalue weighted by molar-refractivity contribution is 0.0365. The van der Waals surface area contributed by atoms with Crippen molar-refractivity contribution < 1.29 is 4.74 Å². The van der Waals surface area contributed by atoms with Crippen molar-refractivity contribution in [2.75, 3.05) is 39.4 Å². The number of nitrogens with zero attached hydrogens (tertiary/aromatic N) is 4. The summed E-state index contributed by atoms with van der Waals surface area (Å²) in [6.45, 7) is 14.5. The van der Waals surface area contributed by atoms with E-state index in [4.69, 9.17) is 21.9 Å². The molecule has 6 nitrogen and oxygen atoms in total. The van der Waals surface area contributed by atoms with Crippen molar-refractivity contribution in [1.82, 2.24) is 24.7 Å².